The smallest absolute Gasteiger partial charge is 0.0541 e. The van der Waals surface area contributed by atoms with E-state index in [4.69, 9.17) is 0 Å². The van der Waals surface area contributed by atoms with E-state index in [2.05, 4.69) is 269 Å². The zero-order valence-corrected chi connectivity index (χ0v) is 50.6. The number of nitrogens with zero attached hydrogens (tertiary/aromatic N) is 2. The number of rotatable bonds is 21. The molecule has 2 aliphatic carbocycles. The van der Waals surface area contributed by atoms with Crippen molar-refractivity contribution in [3.8, 4) is 61.3 Å². The van der Waals surface area contributed by atoms with Crippen LogP contribution >= 0.6 is 0 Å². The van der Waals surface area contributed by atoms with Crippen molar-refractivity contribution in [3.63, 3.8) is 0 Å². The van der Waals surface area contributed by atoms with Gasteiger partial charge in [0.1, 0.15) is 0 Å². The van der Waals surface area contributed by atoms with Crippen molar-refractivity contribution in [2.75, 3.05) is 4.90 Å². The van der Waals surface area contributed by atoms with E-state index in [-0.39, 0.29) is 10.8 Å². The summed E-state index contributed by atoms with van der Waals surface area (Å²) in [4.78, 5) is 2.42. The van der Waals surface area contributed by atoms with Crippen LogP contribution in [0.1, 0.15) is 151 Å². The monoisotopic (exact) mass is 1090 g/mol. The van der Waals surface area contributed by atoms with Gasteiger partial charge < -0.3 is 9.47 Å². The first-order valence-electron chi connectivity index (χ1n) is 31.9. The van der Waals surface area contributed by atoms with E-state index < -0.39 is 0 Å². The first-order chi connectivity index (χ1) is 41.1. The lowest BCUT2D eigenvalue weighted by molar-refractivity contribution is 0.398. The Hall–Kier alpha value is -8.20. The van der Waals surface area contributed by atoms with Crippen LogP contribution in [0.25, 0.3) is 83.1 Å². The fraction of sp³-hybridized carbons (Fsp3) is 0.268. The average molecular weight is 1100 g/mol. The van der Waals surface area contributed by atoms with E-state index in [0.717, 1.165) is 17.1 Å². The second kappa shape index (κ2) is 23.5. The Morgan fingerprint density at radius 1 is 0.333 bits per heavy atom. The van der Waals surface area contributed by atoms with Crippen LogP contribution in [-0.2, 0) is 10.8 Å². The third-order valence-electron chi connectivity index (χ3n) is 19.3. The molecule has 0 spiro atoms. The minimum absolute atomic E-state index is 0.0397. The highest BCUT2D eigenvalue weighted by Gasteiger charge is 2.43. The van der Waals surface area contributed by atoms with Crippen LogP contribution < -0.4 is 4.90 Å². The molecule has 1 aromatic heterocycles. The maximum absolute atomic E-state index is 2.63. The number of hydrogen-bond acceptors (Lipinski definition) is 1. The van der Waals surface area contributed by atoms with Gasteiger partial charge in [-0.15, -0.1) is 0 Å². The van der Waals surface area contributed by atoms with E-state index in [1.54, 1.807) is 11.1 Å². The van der Waals surface area contributed by atoms with Gasteiger partial charge in [-0.1, -0.05) is 255 Å². The zero-order chi connectivity index (χ0) is 57.4. The number of hydrogen-bond donors (Lipinski definition) is 0. The van der Waals surface area contributed by atoms with Gasteiger partial charge in [-0.3, -0.25) is 0 Å². The molecule has 0 fully saturated rings. The van der Waals surface area contributed by atoms with Crippen LogP contribution in [0.3, 0.4) is 0 Å². The Morgan fingerprint density at radius 2 is 0.774 bits per heavy atom. The van der Waals surface area contributed by atoms with Crippen LogP contribution in [0.5, 0.6) is 0 Å². The molecule has 0 aliphatic heterocycles. The molecule has 0 unspecified atom stereocenters. The molecule has 84 heavy (non-hydrogen) atoms. The molecule has 0 amide bonds. The number of fused-ring (bicyclic) bond motifs is 9. The predicted octanol–water partition coefficient (Wildman–Crippen LogP) is 23.9. The van der Waals surface area contributed by atoms with E-state index in [1.807, 2.05) is 0 Å². The van der Waals surface area contributed by atoms with Gasteiger partial charge in [-0.05, 0) is 183 Å². The van der Waals surface area contributed by atoms with Gasteiger partial charge in [0, 0.05) is 44.4 Å². The summed E-state index contributed by atoms with van der Waals surface area (Å²) in [6.45, 7) is 13.9. The molecule has 11 aromatic rings. The summed E-state index contributed by atoms with van der Waals surface area (Å²) in [5.74, 6) is 0. The van der Waals surface area contributed by atoms with E-state index in [1.165, 1.54) is 195 Å². The standard InChI is InChI=1S/C82H82N2/c1-7-9-11-13-15-22-50-82(51-23-16-14-12-10-8-2)77-53-58(4)28-45-71(77)72-46-36-64(55-78(72)82)63-37-49-80-74(54-63)73-52-57(3)29-48-79(73)84(80)67-42-34-62(35-43-67)61-32-40-66(41-33-61)83(65-38-30-60(31-39-65)59-24-18-17-19-25-59)68-44-47-70-69-26-20-21-27-75(69)81(5,6)76(70)56-68/h17-21,24-49,52-56H,7-16,22-23,50-51H2,1-6H3. The lowest BCUT2D eigenvalue weighted by Gasteiger charge is -2.33. The van der Waals surface area contributed by atoms with Gasteiger partial charge in [0.2, 0.25) is 0 Å². The van der Waals surface area contributed by atoms with Crippen LogP contribution in [0, 0.1) is 13.8 Å². The average Bonchev–Trinajstić information content (AvgIpc) is 2.69. The summed E-state index contributed by atoms with van der Waals surface area (Å²) >= 11 is 0. The van der Waals surface area contributed by atoms with Gasteiger partial charge in [-0.2, -0.15) is 0 Å². The molecule has 0 atom stereocenters. The molecule has 10 aromatic carbocycles. The second-order valence-electron chi connectivity index (χ2n) is 25.3. The topological polar surface area (TPSA) is 8.17 Å². The Balaban J connectivity index is 0.821. The molecule has 1 heterocycles. The van der Waals surface area contributed by atoms with Gasteiger partial charge in [0.05, 0.1) is 11.0 Å². The Morgan fingerprint density at radius 3 is 1.43 bits per heavy atom. The number of aromatic nitrogens is 1. The summed E-state index contributed by atoms with van der Waals surface area (Å²) in [6, 6.07) is 83.2. The SMILES string of the molecule is CCCCCCCCC1(CCCCCCCC)c2cc(C)ccc2-c2ccc(-c3ccc4c(c3)c3cc(C)ccc3n4-c3ccc(-c4ccc(N(c5ccc(-c6ccccc6)cc5)c5ccc6c(c5)C(C)(C)c5ccccc5-6)cc4)cc3)cc21. The van der Waals surface area contributed by atoms with Crippen molar-refractivity contribution in [2.45, 2.75) is 142 Å². The minimum atomic E-state index is -0.106. The molecule has 0 saturated heterocycles. The number of benzene rings is 10. The highest BCUT2D eigenvalue weighted by atomic mass is 15.1. The number of anilines is 3. The van der Waals surface area contributed by atoms with Crippen LogP contribution in [-0.4, -0.2) is 4.57 Å². The van der Waals surface area contributed by atoms with Crippen LogP contribution in [0.2, 0.25) is 0 Å². The Bertz CT molecular complexity index is 4120. The normalized spacial score (nSPS) is 13.5. The van der Waals surface area contributed by atoms with Crippen molar-refractivity contribution >= 4 is 38.9 Å². The predicted molar refractivity (Wildman–Crippen MR) is 361 cm³/mol. The van der Waals surface area contributed by atoms with Crippen molar-refractivity contribution in [1.82, 2.24) is 4.57 Å². The Labute approximate surface area is 500 Å². The first kappa shape index (κ1) is 55.0. The number of aryl methyl sites for hydroxylation is 2. The zero-order valence-electron chi connectivity index (χ0n) is 50.6. The highest BCUT2D eigenvalue weighted by Crippen LogP contribution is 2.56. The minimum Gasteiger partial charge on any atom is -0.310 e. The maximum Gasteiger partial charge on any atom is 0.0541 e. The Kier molecular flexibility index (Phi) is 15.4. The third-order valence-corrected chi connectivity index (χ3v) is 19.3. The molecule has 0 N–H and O–H groups in total. The van der Waals surface area contributed by atoms with Gasteiger partial charge >= 0.3 is 0 Å². The molecule has 2 heteroatoms. The number of unbranched alkanes of at least 4 members (excludes halogenated alkanes) is 10. The first-order valence-corrected chi connectivity index (χ1v) is 31.9. The van der Waals surface area contributed by atoms with Gasteiger partial charge in [-0.25, -0.2) is 0 Å². The lowest BCUT2D eigenvalue weighted by Crippen LogP contribution is -2.25. The summed E-state index contributed by atoms with van der Waals surface area (Å²) < 4.78 is 2.48. The van der Waals surface area contributed by atoms with E-state index in [0.29, 0.717) is 0 Å². The molecule has 2 aliphatic rings. The largest absolute Gasteiger partial charge is 0.310 e. The molecular weight excluding hydrogens is 1010 g/mol. The molecule has 2 nitrogen and oxygen atoms in total. The van der Waals surface area contributed by atoms with Crippen LogP contribution in [0.4, 0.5) is 17.1 Å². The highest BCUT2D eigenvalue weighted by molar-refractivity contribution is 6.11. The summed E-state index contributed by atoms with van der Waals surface area (Å²) in [5, 5.41) is 2.60. The van der Waals surface area contributed by atoms with Crippen LogP contribution in [0.15, 0.2) is 218 Å². The second-order valence-corrected chi connectivity index (χ2v) is 25.3. The van der Waals surface area contributed by atoms with E-state index >= 15 is 0 Å². The quantitative estimate of drug-likeness (QED) is 0.0651. The molecule has 13 rings (SSSR count). The molecular formula is C82H82N2. The van der Waals surface area contributed by atoms with E-state index in [9.17, 15) is 0 Å². The lowest BCUT2D eigenvalue weighted by atomic mass is 9.70. The van der Waals surface area contributed by atoms with Crippen molar-refractivity contribution in [3.05, 3.63) is 252 Å². The van der Waals surface area contributed by atoms with Crippen molar-refractivity contribution < 1.29 is 0 Å². The van der Waals surface area contributed by atoms with Crippen molar-refractivity contribution in [1.29, 1.82) is 0 Å². The molecule has 0 bridgehead atoms. The summed E-state index contributed by atoms with van der Waals surface area (Å²) in [6.07, 6.45) is 18.3. The fourth-order valence-corrected chi connectivity index (χ4v) is 14.8. The summed E-state index contributed by atoms with van der Waals surface area (Å²) in [7, 11) is 0. The van der Waals surface area contributed by atoms with Crippen molar-refractivity contribution in [2.24, 2.45) is 0 Å². The van der Waals surface area contributed by atoms with Gasteiger partial charge in [0.15, 0.2) is 0 Å². The molecule has 420 valence electrons. The summed E-state index contributed by atoms with van der Waals surface area (Å²) in [5.41, 5.74) is 28.5. The fourth-order valence-electron chi connectivity index (χ4n) is 14.8. The van der Waals surface area contributed by atoms with Gasteiger partial charge in [0.25, 0.3) is 0 Å². The third kappa shape index (κ3) is 10.2. The molecule has 0 saturated carbocycles. The molecule has 0 radical (unpaired) electrons. The maximum atomic E-state index is 2.63.